The number of hydrogen-bond donors (Lipinski definition) is 2. The minimum Gasteiger partial charge on any atom is -0.410 e. The molecular weight excluding hydrogens is 223 g/mol. The summed E-state index contributed by atoms with van der Waals surface area (Å²) in [7, 11) is 0. The standard InChI is InChI=1S/C9H6Cl2N2O/c10-5-1-2-8-6(3-5)7(4-12-8)9(11)13-14/h1-4,12,14H. The lowest BCUT2D eigenvalue weighted by Crippen LogP contribution is -1.87. The third-order valence-electron chi connectivity index (χ3n) is 1.95. The van der Waals surface area contributed by atoms with Gasteiger partial charge in [-0.15, -0.1) is 0 Å². The molecule has 1 aromatic heterocycles. The molecule has 0 atom stereocenters. The lowest BCUT2D eigenvalue weighted by Gasteiger charge is -1.94. The normalized spacial score (nSPS) is 12.3. The molecule has 0 aliphatic carbocycles. The van der Waals surface area contributed by atoms with Crippen molar-refractivity contribution in [2.45, 2.75) is 0 Å². The topological polar surface area (TPSA) is 48.4 Å². The third kappa shape index (κ3) is 1.45. The van der Waals surface area contributed by atoms with Crippen molar-refractivity contribution in [2.75, 3.05) is 0 Å². The molecule has 0 bridgehead atoms. The second kappa shape index (κ2) is 3.52. The van der Waals surface area contributed by atoms with Gasteiger partial charge in [0.25, 0.3) is 0 Å². The summed E-state index contributed by atoms with van der Waals surface area (Å²) < 4.78 is 0. The van der Waals surface area contributed by atoms with Crippen molar-refractivity contribution in [1.29, 1.82) is 0 Å². The Morgan fingerprint density at radius 2 is 2.21 bits per heavy atom. The lowest BCUT2D eigenvalue weighted by molar-refractivity contribution is 0.321. The number of nitrogens with zero attached hydrogens (tertiary/aromatic N) is 1. The van der Waals surface area contributed by atoms with E-state index in [9.17, 15) is 0 Å². The van der Waals surface area contributed by atoms with Gasteiger partial charge in [0.1, 0.15) is 0 Å². The fourth-order valence-electron chi connectivity index (χ4n) is 1.32. The van der Waals surface area contributed by atoms with Crippen LogP contribution in [0, 0.1) is 0 Å². The molecule has 1 heterocycles. The van der Waals surface area contributed by atoms with Crippen LogP contribution in [0.4, 0.5) is 0 Å². The molecule has 2 rings (SSSR count). The summed E-state index contributed by atoms with van der Waals surface area (Å²) in [5.41, 5.74) is 1.53. The molecule has 2 aromatic rings. The Kier molecular flexibility index (Phi) is 2.35. The average Bonchev–Trinajstić information content (AvgIpc) is 2.59. The molecule has 0 fully saturated rings. The van der Waals surface area contributed by atoms with Gasteiger partial charge < -0.3 is 10.2 Å². The summed E-state index contributed by atoms with van der Waals surface area (Å²) in [6.45, 7) is 0. The molecule has 2 N–H and O–H groups in total. The fourth-order valence-corrected chi connectivity index (χ4v) is 1.65. The number of fused-ring (bicyclic) bond motifs is 1. The second-order valence-corrected chi connectivity index (χ2v) is 3.58. The lowest BCUT2D eigenvalue weighted by atomic mass is 10.2. The molecule has 0 radical (unpaired) electrons. The maximum absolute atomic E-state index is 8.54. The summed E-state index contributed by atoms with van der Waals surface area (Å²) >= 11 is 11.5. The maximum Gasteiger partial charge on any atom is 0.177 e. The highest BCUT2D eigenvalue weighted by molar-refractivity contribution is 6.70. The summed E-state index contributed by atoms with van der Waals surface area (Å²) in [5.74, 6) is 0. The summed E-state index contributed by atoms with van der Waals surface area (Å²) in [4.78, 5) is 3.00. The minimum absolute atomic E-state index is 0.0403. The van der Waals surface area contributed by atoms with Gasteiger partial charge in [-0.3, -0.25) is 0 Å². The van der Waals surface area contributed by atoms with Crippen molar-refractivity contribution < 1.29 is 5.21 Å². The SMILES string of the molecule is ON=C(Cl)c1c[nH]c2ccc(Cl)cc12. The van der Waals surface area contributed by atoms with Crippen LogP contribution in [-0.4, -0.2) is 15.4 Å². The number of H-pyrrole nitrogens is 1. The van der Waals surface area contributed by atoms with Crippen molar-refractivity contribution in [1.82, 2.24) is 4.98 Å². The van der Waals surface area contributed by atoms with Gasteiger partial charge in [0.2, 0.25) is 0 Å². The van der Waals surface area contributed by atoms with Gasteiger partial charge in [0.05, 0.1) is 0 Å². The highest BCUT2D eigenvalue weighted by Crippen LogP contribution is 2.23. The first kappa shape index (κ1) is 9.37. The van der Waals surface area contributed by atoms with E-state index in [2.05, 4.69) is 10.1 Å². The van der Waals surface area contributed by atoms with E-state index in [-0.39, 0.29) is 5.17 Å². The Morgan fingerprint density at radius 3 is 2.93 bits per heavy atom. The van der Waals surface area contributed by atoms with Crippen molar-refractivity contribution >= 4 is 39.3 Å². The number of benzene rings is 1. The summed E-state index contributed by atoms with van der Waals surface area (Å²) in [6, 6.07) is 5.37. The zero-order chi connectivity index (χ0) is 10.1. The van der Waals surface area contributed by atoms with E-state index in [1.165, 1.54) is 0 Å². The molecule has 0 amide bonds. The molecule has 0 saturated carbocycles. The minimum atomic E-state index is 0.0403. The van der Waals surface area contributed by atoms with Gasteiger partial charge in [-0.25, -0.2) is 0 Å². The Morgan fingerprint density at radius 1 is 1.43 bits per heavy atom. The van der Waals surface area contributed by atoms with E-state index in [0.717, 1.165) is 10.9 Å². The van der Waals surface area contributed by atoms with Crippen LogP contribution in [0.15, 0.2) is 29.6 Å². The predicted molar refractivity (Wildman–Crippen MR) is 57.5 cm³/mol. The Hall–Kier alpha value is -1.19. The smallest absolute Gasteiger partial charge is 0.177 e. The van der Waals surface area contributed by atoms with E-state index in [1.807, 2.05) is 6.07 Å². The van der Waals surface area contributed by atoms with Crippen LogP contribution in [0.5, 0.6) is 0 Å². The van der Waals surface area contributed by atoms with Gasteiger partial charge in [-0.05, 0) is 18.2 Å². The molecule has 0 aliphatic rings. The van der Waals surface area contributed by atoms with Crippen LogP contribution in [0.2, 0.25) is 5.02 Å². The van der Waals surface area contributed by atoms with Gasteiger partial charge in [0, 0.05) is 27.7 Å². The van der Waals surface area contributed by atoms with E-state index in [4.69, 9.17) is 28.4 Å². The molecule has 3 nitrogen and oxygen atoms in total. The van der Waals surface area contributed by atoms with Crippen LogP contribution in [-0.2, 0) is 0 Å². The fraction of sp³-hybridized carbons (Fsp3) is 0. The molecule has 0 unspecified atom stereocenters. The number of oxime groups is 1. The molecule has 5 heteroatoms. The van der Waals surface area contributed by atoms with Crippen LogP contribution < -0.4 is 0 Å². The first-order valence-electron chi connectivity index (χ1n) is 3.87. The van der Waals surface area contributed by atoms with Gasteiger partial charge in [-0.2, -0.15) is 0 Å². The summed E-state index contributed by atoms with van der Waals surface area (Å²) in [6.07, 6.45) is 1.67. The number of halogens is 2. The first-order valence-corrected chi connectivity index (χ1v) is 4.62. The Bertz CT molecular complexity index is 504. The van der Waals surface area contributed by atoms with Crippen molar-refractivity contribution in [3.05, 3.63) is 35.0 Å². The van der Waals surface area contributed by atoms with Crippen molar-refractivity contribution in [3.63, 3.8) is 0 Å². The molecule has 0 spiro atoms. The average molecular weight is 229 g/mol. The van der Waals surface area contributed by atoms with E-state index in [0.29, 0.717) is 10.6 Å². The monoisotopic (exact) mass is 228 g/mol. The first-order chi connectivity index (χ1) is 6.72. The van der Waals surface area contributed by atoms with E-state index < -0.39 is 0 Å². The van der Waals surface area contributed by atoms with Crippen molar-refractivity contribution in [3.8, 4) is 0 Å². The summed E-state index contributed by atoms with van der Waals surface area (Å²) in [5, 5.41) is 13.0. The Balaban J connectivity index is 2.73. The van der Waals surface area contributed by atoms with Crippen molar-refractivity contribution in [2.24, 2.45) is 5.16 Å². The van der Waals surface area contributed by atoms with Crippen LogP contribution >= 0.6 is 23.2 Å². The van der Waals surface area contributed by atoms with Crippen LogP contribution in [0.25, 0.3) is 10.9 Å². The van der Waals surface area contributed by atoms with Gasteiger partial charge >= 0.3 is 0 Å². The quantitative estimate of drug-likeness (QED) is 0.440. The molecule has 0 aliphatic heterocycles. The largest absolute Gasteiger partial charge is 0.410 e. The number of hydrogen-bond acceptors (Lipinski definition) is 2. The second-order valence-electron chi connectivity index (χ2n) is 2.78. The maximum atomic E-state index is 8.54. The third-order valence-corrected chi connectivity index (χ3v) is 2.47. The highest BCUT2D eigenvalue weighted by Gasteiger charge is 2.08. The van der Waals surface area contributed by atoms with Crippen LogP contribution in [0.1, 0.15) is 5.56 Å². The number of aromatic nitrogens is 1. The number of nitrogens with one attached hydrogen (secondary N) is 1. The Labute approximate surface area is 89.9 Å². The highest BCUT2D eigenvalue weighted by atomic mass is 35.5. The predicted octanol–water partition coefficient (Wildman–Crippen LogP) is 3.20. The molecular formula is C9H6Cl2N2O. The van der Waals surface area contributed by atoms with Crippen LogP contribution in [0.3, 0.4) is 0 Å². The molecule has 0 saturated heterocycles. The number of rotatable bonds is 1. The van der Waals surface area contributed by atoms with E-state index >= 15 is 0 Å². The number of aromatic amines is 1. The van der Waals surface area contributed by atoms with E-state index in [1.54, 1.807) is 18.3 Å². The molecule has 14 heavy (non-hydrogen) atoms. The molecule has 1 aromatic carbocycles. The zero-order valence-corrected chi connectivity index (χ0v) is 8.47. The van der Waals surface area contributed by atoms with Gasteiger partial charge in [-0.1, -0.05) is 28.4 Å². The van der Waals surface area contributed by atoms with Gasteiger partial charge in [0.15, 0.2) is 5.17 Å². The zero-order valence-electron chi connectivity index (χ0n) is 6.96. The molecule has 72 valence electrons.